The minimum Gasteiger partial charge on any atom is -0.379 e. The summed E-state index contributed by atoms with van der Waals surface area (Å²) in [5.41, 5.74) is 3.39. The molecule has 1 fully saturated rings. The van der Waals surface area contributed by atoms with Crippen LogP contribution in [0.15, 0.2) is 12.4 Å². The van der Waals surface area contributed by atoms with Crippen LogP contribution in [0, 0.1) is 0 Å². The molecule has 1 saturated heterocycles. The van der Waals surface area contributed by atoms with E-state index < -0.39 is 0 Å². The number of nitrogens with zero attached hydrogens (tertiary/aromatic N) is 3. The zero-order valence-electron chi connectivity index (χ0n) is 9.85. The Labute approximate surface area is 96.4 Å². The Morgan fingerprint density at radius 2 is 2.25 bits per heavy atom. The van der Waals surface area contributed by atoms with Crippen molar-refractivity contribution in [3.63, 3.8) is 0 Å². The Morgan fingerprint density at radius 3 is 3.00 bits per heavy atom. The molecular weight excluding hydrogens is 204 g/mol. The van der Waals surface area contributed by atoms with Gasteiger partial charge in [0.25, 0.3) is 0 Å². The first-order valence-electron chi connectivity index (χ1n) is 5.96. The van der Waals surface area contributed by atoms with E-state index in [-0.39, 0.29) is 0 Å². The maximum Gasteiger partial charge on any atom is 0.124 e. The SMILES string of the molecule is CCCn1ccnc1CNN1CCOCC1. The Morgan fingerprint density at radius 1 is 1.44 bits per heavy atom. The zero-order chi connectivity index (χ0) is 11.2. The summed E-state index contributed by atoms with van der Waals surface area (Å²) in [5.74, 6) is 1.10. The third-order valence-electron chi connectivity index (χ3n) is 2.74. The maximum absolute atomic E-state index is 5.30. The summed E-state index contributed by atoms with van der Waals surface area (Å²) in [6.07, 6.45) is 5.05. The number of rotatable bonds is 5. The summed E-state index contributed by atoms with van der Waals surface area (Å²) in [7, 11) is 0. The minimum atomic E-state index is 0.799. The molecule has 2 heterocycles. The minimum absolute atomic E-state index is 0.799. The molecule has 1 aromatic heterocycles. The van der Waals surface area contributed by atoms with Gasteiger partial charge in [-0.25, -0.2) is 15.4 Å². The number of ether oxygens (including phenoxy) is 1. The van der Waals surface area contributed by atoms with E-state index in [1.54, 1.807) is 0 Å². The molecule has 0 unspecified atom stereocenters. The van der Waals surface area contributed by atoms with Gasteiger partial charge in [-0.15, -0.1) is 0 Å². The van der Waals surface area contributed by atoms with Crippen molar-refractivity contribution in [2.45, 2.75) is 26.4 Å². The third-order valence-corrected chi connectivity index (χ3v) is 2.74. The Bertz CT molecular complexity index is 307. The summed E-state index contributed by atoms with van der Waals surface area (Å²) in [5, 5.41) is 2.20. The highest BCUT2D eigenvalue weighted by Gasteiger charge is 2.10. The van der Waals surface area contributed by atoms with Crippen molar-refractivity contribution in [3.8, 4) is 0 Å². The van der Waals surface area contributed by atoms with Crippen LogP contribution in [0.1, 0.15) is 19.2 Å². The van der Waals surface area contributed by atoms with Gasteiger partial charge in [-0.1, -0.05) is 6.92 Å². The molecule has 0 spiro atoms. The molecule has 0 amide bonds. The average Bonchev–Trinajstić information content (AvgIpc) is 2.76. The fourth-order valence-electron chi connectivity index (χ4n) is 1.86. The number of hydrazine groups is 1. The van der Waals surface area contributed by atoms with E-state index in [1.165, 1.54) is 0 Å². The third kappa shape index (κ3) is 3.04. The highest BCUT2D eigenvalue weighted by Crippen LogP contribution is 2.00. The monoisotopic (exact) mass is 224 g/mol. The number of aryl methyl sites for hydroxylation is 1. The molecule has 0 atom stereocenters. The van der Waals surface area contributed by atoms with E-state index in [0.29, 0.717) is 0 Å². The summed E-state index contributed by atoms with van der Waals surface area (Å²) in [6.45, 7) is 7.56. The van der Waals surface area contributed by atoms with Gasteiger partial charge in [0.05, 0.1) is 19.8 Å². The molecule has 90 valence electrons. The van der Waals surface area contributed by atoms with Gasteiger partial charge in [-0.2, -0.15) is 0 Å². The molecule has 0 radical (unpaired) electrons. The lowest BCUT2D eigenvalue weighted by molar-refractivity contribution is 0.00993. The van der Waals surface area contributed by atoms with Crippen molar-refractivity contribution >= 4 is 0 Å². The largest absolute Gasteiger partial charge is 0.379 e. The molecule has 1 aromatic rings. The van der Waals surface area contributed by atoms with Crippen molar-refractivity contribution < 1.29 is 4.74 Å². The predicted molar refractivity (Wildman–Crippen MR) is 61.7 cm³/mol. The average molecular weight is 224 g/mol. The Kier molecular flexibility index (Phi) is 4.33. The van der Waals surface area contributed by atoms with Crippen LogP contribution in [0.25, 0.3) is 0 Å². The van der Waals surface area contributed by atoms with Crippen LogP contribution in [-0.2, 0) is 17.8 Å². The molecule has 0 bridgehead atoms. The quantitative estimate of drug-likeness (QED) is 0.796. The molecule has 5 nitrogen and oxygen atoms in total. The number of hydrogen-bond acceptors (Lipinski definition) is 4. The molecule has 2 rings (SSSR count). The summed E-state index contributed by atoms with van der Waals surface area (Å²) >= 11 is 0. The molecule has 16 heavy (non-hydrogen) atoms. The van der Waals surface area contributed by atoms with Crippen molar-refractivity contribution in [1.29, 1.82) is 0 Å². The first-order chi connectivity index (χ1) is 7.90. The highest BCUT2D eigenvalue weighted by atomic mass is 16.5. The lowest BCUT2D eigenvalue weighted by Crippen LogP contribution is -2.45. The molecule has 1 aliphatic heterocycles. The number of aromatic nitrogens is 2. The van der Waals surface area contributed by atoms with E-state index in [2.05, 4.69) is 26.9 Å². The van der Waals surface area contributed by atoms with Gasteiger partial charge in [0.2, 0.25) is 0 Å². The van der Waals surface area contributed by atoms with Gasteiger partial charge >= 0.3 is 0 Å². The van der Waals surface area contributed by atoms with Crippen molar-refractivity contribution in [1.82, 2.24) is 20.0 Å². The molecule has 0 aliphatic carbocycles. The maximum atomic E-state index is 5.30. The van der Waals surface area contributed by atoms with Crippen LogP contribution in [0.5, 0.6) is 0 Å². The molecule has 5 heteroatoms. The van der Waals surface area contributed by atoms with Crippen LogP contribution in [0.4, 0.5) is 0 Å². The van der Waals surface area contributed by atoms with Crippen LogP contribution >= 0.6 is 0 Å². The van der Waals surface area contributed by atoms with E-state index >= 15 is 0 Å². The first-order valence-corrected chi connectivity index (χ1v) is 5.96. The number of imidazole rings is 1. The molecule has 1 N–H and O–H groups in total. The van der Waals surface area contributed by atoms with Crippen molar-refractivity contribution in [2.75, 3.05) is 26.3 Å². The first kappa shape index (κ1) is 11.6. The van der Waals surface area contributed by atoms with Gasteiger partial charge < -0.3 is 9.30 Å². The normalized spacial score (nSPS) is 17.8. The molecular formula is C11H20N4O. The summed E-state index contributed by atoms with van der Waals surface area (Å²) in [4.78, 5) is 4.36. The van der Waals surface area contributed by atoms with Gasteiger partial charge in [0, 0.05) is 32.0 Å². The van der Waals surface area contributed by atoms with E-state index in [9.17, 15) is 0 Å². The summed E-state index contributed by atoms with van der Waals surface area (Å²) in [6, 6.07) is 0. The van der Waals surface area contributed by atoms with Crippen molar-refractivity contribution in [2.24, 2.45) is 0 Å². The van der Waals surface area contributed by atoms with Gasteiger partial charge in [-0.05, 0) is 6.42 Å². The van der Waals surface area contributed by atoms with Crippen LogP contribution in [0.3, 0.4) is 0 Å². The highest BCUT2D eigenvalue weighted by molar-refractivity contribution is 4.91. The fraction of sp³-hybridized carbons (Fsp3) is 0.727. The second-order valence-corrected chi connectivity index (χ2v) is 3.97. The topological polar surface area (TPSA) is 42.3 Å². The van der Waals surface area contributed by atoms with E-state index in [1.807, 2.05) is 12.4 Å². The number of morpholine rings is 1. The number of nitrogens with one attached hydrogen (secondary N) is 1. The Balaban J connectivity index is 1.81. The van der Waals surface area contributed by atoms with Gasteiger partial charge in [-0.3, -0.25) is 0 Å². The second kappa shape index (κ2) is 5.98. The summed E-state index contributed by atoms with van der Waals surface area (Å²) < 4.78 is 7.50. The van der Waals surface area contributed by atoms with Gasteiger partial charge in [0.15, 0.2) is 0 Å². The predicted octanol–water partition coefficient (Wildman–Crippen LogP) is 0.630. The van der Waals surface area contributed by atoms with E-state index in [0.717, 1.165) is 51.6 Å². The van der Waals surface area contributed by atoms with Crippen LogP contribution in [0.2, 0.25) is 0 Å². The van der Waals surface area contributed by atoms with E-state index in [4.69, 9.17) is 4.74 Å². The molecule has 0 aromatic carbocycles. The number of hydrogen-bond donors (Lipinski definition) is 1. The molecule has 0 saturated carbocycles. The fourth-order valence-corrected chi connectivity index (χ4v) is 1.86. The zero-order valence-corrected chi connectivity index (χ0v) is 9.85. The van der Waals surface area contributed by atoms with Crippen LogP contribution < -0.4 is 5.43 Å². The lowest BCUT2D eigenvalue weighted by Gasteiger charge is -2.27. The Hall–Kier alpha value is -0.910. The van der Waals surface area contributed by atoms with Gasteiger partial charge in [0.1, 0.15) is 5.82 Å². The second-order valence-electron chi connectivity index (χ2n) is 3.97. The standard InChI is InChI=1S/C11H20N4O/c1-2-4-14-5-3-12-11(14)10-13-15-6-8-16-9-7-15/h3,5,13H,2,4,6-10H2,1H3. The lowest BCUT2D eigenvalue weighted by atomic mass is 10.4. The van der Waals surface area contributed by atoms with Crippen LogP contribution in [-0.4, -0.2) is 40.9 Å². The smallest absolute Gasteiger partial charge is 0.124 e. The van der Waals surface area contributed by atoms with Crippen molar-refractivity contribution in [3.05, 3.63) is 18.2 Å². The molecule has 1 aliphatic rings.